The van der Waals surface area contributed by atoms with Gasteiger partial charge in [-0.3, -0.25) is 10.1 Å². The average molecular weight is 410 g/mol. The van der Waals surface area contributed by atoms with Crippen LogP contribution in [0.4, 0.5) is 5.69 Å². The standard InChI is InChI=1S/C21H16ClN3O4/c1-12-2-8-20(28-12)17-11-18-16-10-14(22)5-9-19(16)29-21(24(18)23-17)13-3-6-15(7-4-13)25(26)27/h2-11,18,21,23H,1H3. The first-order valence-corrected chi connectivity index (χ1v) is 9.41. The van der Waals surface area contributed by atoms with E-state index in [0.717, 1.165) is 28.3 Å². The molecule has 146 valence electrons. The molecule has 2 atom stereocenters. The number of nitrogens with one attached hydrogen (secondary N) is 1. The van der Waals surface area contributed by atoms with Crippen LogP contribution >= 0.6 is 11.6 Å². The molecule has 2 aliphatic rings. The van der Waals surface area contributed by atoms with Gasteiger partial charge in [0.2, 0.25) is 0 Å². The number of ether oxygens (including phenoxy) is 1. The molecule has 2 aliphatic heterocycles. The summed E-state index contributed by atoms with van der Waals surface area (Å²) in [5.74, 6) is 2.26. The Labute approximate surface area is 171 Å². The maximum Gasteiger partial charge on any atom is 0.269 e. The van der Waals surface area contributed by atoms with Crippen LogP contribution in [-0.2, 0) is 0 Å². The van der Waals surface area contributed by atoms with E-state index in [-0.39, 0.29) is 11.7 Å². The van der Waals surface area contributed by atoms with Gasteiger partial charge in [0.05, 0.1) is 16.7 Å². The van der Waals surface area contributed by atoms with E-state index >= 15 is 0 Å². The number of nitro groups is 1. The first kappa shape index (κ1) is 17.8. The van der Waals surface area contributed by atoms with Crippen molar-refractivity contribution < 1.29 is 14.1 Å². The third-order valence-electron chi connectivity index (χ3n) is 5.05. The van der Waals surface area contributed by atoms with Crippen LogP contribution in [0.3, 0.4) is 0 Å². The molecular formula is C21H16ClN3O4. The number of hydrogen-bond acceptors (Lipinski definition) is 6. The minimum absolute atomic E-state index is 0.0348. The first-order valence-electron chi connectivity index (χ1n) is 9.04. The van der Waals surface area contributed by atoms with Crippen LogP contribution in [0.5, 0.6) is 5.75 Å². The van der Waals surface area contributed by atoms with E-state index in [0.29, 0.717) is 10.8 Å². The van der Waals surface area contributed by atoms with Gasteiger partial charge in [0.1, 0.15) is 11.5 Å². The topological polar surface area (TPSA) is 80.8 Å². The summed E-state index contributed by atoms with van der Waals surface area (Å²) in [6.07, 6.45) is 1.58. The van der Waals surface area contributed by atoms with Crippen LogP contribution in [0, 0.1) is 17.0 Å². The molecule has 1 aromatic heterocycles. The largest absolute Gasteiger partial charge is 0.469 e. The van der Waals surface area contributed by atoms with Crippen molar-refractivity contribution in [3.63, 3.8) is 0 Å². The summed E-state index contributed by atoms with van der Waals surface area (Å²) < 4.78 is 12.0. The Morgan fingerprint density at radius 1 is 1.14 bits per heavy atom. The first-order chi connectivity index (χ1) is 14.0. The molecule has 2 aromatic carbocycles. The Morgan fingerprint density at radius 3 is 2.62 bits per heavy atom. The van der Waals surface area contributed by atoms with E-state index < -0.39 is 11.2 Å². The van der Waals surface area contributed by atoms with E-state index in [1.807, 2.05) is 36.2 Å². The van der Waals surface area contributed by atoms with Crippen LogP contribution < -0.4 is 10.2 Å². The lowest BCUT2D eigenvalue weighted by Gasteiger charge is -2.38. The lowest BCUT2D eigenvalue weighted by atomic mass is 10.0. The van der Waals surface area contributed by atoms with Crippen LogP contribution in [-0.4, -0.2) is 9.93 Å². The monoisotopic (exact) mass is 409 g/mol. The summed E-state index contributed by atoms with van der Waals surface area (Å²) in [5, 5.41) is 13.6. The number of halogens is 1. The van der Waals surface area contributed by atoms with Crippen LogP contribution in [0.15, 0.2) is 65.1 Å². The highest BCUT2D eigenvalue weighted by Gasteiger charge is 2.40. The Hall–Kier alpha value is -3.29. The zero-order valence-corrected chi connectivity index (χ0v) is 16.1. The van der Waals surface area contributed by atoms with Crippen molar-refractivity contribution in [3.05, 3.63) is 98.5 Å². The van der Waals surface area contributed by atoms with Crippen LogP contribution in [0.1, 0.15) is 34.9 Å². The molecule has 8 heteroatoms. The molecule has 0 spiro atoms. The fourth-order valence-corrected chi connectivity index (χ4v) is 3.85. The lowest BCUT2D eigenvalue weighted by molar-refractivity contribution is -0.384. The lowest BCUT2D eigenvalue weighted by Crippen LogP contribution is -2.43. The molecule has 3 heterocycles. The van der Waals surface area contributed by atoms with Crippen molar-refractivity contribution in [2.24, 2.45) is 0 Å². The van der Waals surface area contributed by atoms with Crippen molar-refractivity contribution in [2.45, 2.75) is 19.2 Å². The summed E-state index contributed by atoms with van der Waals surface area (Å²) in [4.78, 5) is 10.6. The predicted molar refractivity (Wildman–Crippen MR) is 107 cm³/mol. The van der Waals surface area contributed by atoms with E-state index in [4.69, 9.17) is 20.8 Å². The van der Waals surface area contributed by atoms with Gasteiger partial charge in [-0.15, -0.1) is 0 Å². The smallest absolute Gasteiger partial charge is 0.269 e. The summed E-state index contributed by atoms with van der Waals surface area (Å²) in [5.41, 5.74) is 5.95. The van der Waals surface area contributed by atoms with Gasteiger partial charge < -0.3 is 14.6 Å². The second kappa shape index (κ2) is 6.65. The van der Waals surface area contributed by atoms with Gasteiger partial charge in [0.25, 0.3) is 5.69 Å². The molecule has 0 fully saturated rings. The number of nitrogens with zero attached hydrogens (tertiary/aromatic N) is 2. The highest BCUT2D eigenvalue weighted by Crippen LogP contribution is 2.46. The summed E-state index contributed by atoms with van der Waals surface area (Å²) in [6, 6.07) is 15.6. The number of aryl methyl sites for hydroxylation is 1. The Bertz CT molecular complexity index is 1140. The highest BCUT2D eigenvalue weighted by atomic mass is 35.5. The molecule has 0 aliphatic carbocycles. The number of fused-ring (bicyclic) bond motifs is 3. The minimum atomic E-state index is -0.487. The molecule has 5 rings (SSSR count). The molecule has 0 radical (unpaired) electrons. The van der Waals surface area contributed by atoms with Gasteiger partial charge in [-0.25, -0.2) is 0 Å². The quantitative estimate of drug-likeness (QED) is 0.476. The number of rotatable bonds is 3. The van der Waals surface area contributed by atoms with Gasteiger partial charge in [-0.1, -0.05) is 11.6 Å². The third kappa shape index (κ3) is 3.04. The fourth-order valence-electron chi connectivity index (χ4n) is 3.67. The molecule has 0 saturated carbocycles. The Morgan fingerprint density at radius 2 is 1.93 bits per heavy atom. The molecule has 7 nitrogen and oxygen atoms in total. The second-order valence-corrected chi connectivity index (χ2v) is 7.39. The molecule has 2 unspecified atom stereocenters. The second-order valence-electron chi connectivity index (χ2n) is 6.96. The number of nitro benzene ring substituents is 1. The molecular weight excluding hydrogens is 394 g/mol. The molecule has 0 amide bonds. The van der Waals surface area contributed by atoms with Crippen molar-refractivity contribution in [2.75, 3.05) is 0 Å². The maximum atomic E-state index is 11.0. The molecule has 0 bridgehead atoms. The summed E-state index contributed by atoms with van der Waals surface area (Å²) in [7, 11) is 0. The van der Waals surface area contributed by atoms with Crippen molar-refractivity contribution in [3.8, 4) is 5.75 Å². The van der Waals surface area contributed by atoms with Crippen LogP contribution in [0.2, 0.25) is 5.02 Å². The molecule has 0 saturated heterocycles. The van der Waals surface area contributed by atoms with Gasteiger partial charge in [0, 0.05) is 28.3 Å². The van der Waals surface area contributed by atoms with E-state index in [1.54, 1.807) is 18.2 Å². The van der Waals surface area contributed by atoms with Gasteiger partial charge >= 0.3 is 0 Å². The number of hydrogen-bond donors (Lipinski definition) is 1. The number of benzene rings is 2. The van der Waals surface area contributed by atoms with Crippen LogP contribution in [0.25, 0.3) is 5.70 Å². The molecule has 29 heavy (non-hydrogen) atoms. The predicted octanol–water partition coefficient (Wildman–Crippen LogP) is 5.14. The SMILES string of the molecule is Cc1ccc(C2=CC3c4cc(Cl)ccc4OC(c4ccc([N+](=O)[O-])cc4)N3N2)o1. The molecule has 3 aromatic rings. The zero-order chi connectivity index (χ0) is 20.1. The third-order valence-corrected chi connectivity index (χ3v) is 5.29. The van der Waals surface area contributed by atoms with Gasteiger partial charge in [-0.05, 0) is 55.5 Å². The van der Waals surface area contributed by atoms with E-state index in [9.17, 15) is 10.1 Å². The summed E-state index contributed by atoms with van der Waals surface area (Å²) >= 11 is 6.23. The van der Waals surface area contributed by atoms with E-state index in [2.05, 4.69) is 11.5 Å². The summed E-state index contributed by atoms with van der Waals surface area (Å²) in [6.45, 7) is 1.89. The average Bonchev–Trinajstić information content (AvgIpc) is 3.34. The fraction of sp³-hybridized carbons (Fsp3) is 0.143. The number of hydrazine groups is 1. The normalized spacial score (nSPS) is 20.3. The van der Waals surface area contributed by atoms with Gasteiger partial charge in [-0.2, -0.15) is 5.01 Å². The molecule has 1 N–H and O–H groups in total. The number of non-ortho nitro benzene ring substituents is 1. The Kier molecular flexibility index (Phi) is 4.08. The van der Waals surface area contributed by atoms with Gasteiger partial charge in [0.15, 0.2) is 12.0 Å². The minimum Gasteiger partial charge on any atom is -0.469 e. The van der Waals surface area contributed by atoms with E-state index in [1.165, 1.54) is 12.1 Å². The van der Waals surface area contributed by atoms with Crippen molar-refractivity contribution in [1.82, 2.24) is 10.4 Å². The van der Waals surface area contributed by atoms with Crippen molar-refractivity contribution in [1.29, 1.82) is 0 Å². The Balaban J connectivity index is 1.57. The highest BCUT2D eigenvalue weighted by molar-refractivity contribution is 6.30. The maximum absolute atomic E-state index is 11.0. The zero-order valence-electron chi connectivity index (χ0n) is 15.3. The van der Waals surface area contributed by atoms with Crippen molar-refractivity contribution >= 4 is 23.0 Å². The number of furan rings is 1.